The monoisotopic (exact) mass is 476 g/mol. The van der Waals surface area contributed by atoms with Crippen LogP contribution in [-0.2, 0) is 0 Å². The van der Waals surface area contributed by atoms with Crippen LogP contribution in [0.15, 0.2) is 24.3 Å². The van der Waals surface area contributed by atoms with Crippen LogP contribution in [0.1, 0.15) is 10.4 Å². The minimum Gasteiger partial charge on any atom is -0.493 e. The molecule has 0 fully saturated rings. The number of hydrogen-bond donors (Lipinski definition) is 1. The summed E-state index contributed by atoms with van der Waals surface area (Å²) < 4.78 is 38.0. The van der Waals surface area contributed by atoms with Crippen molar-refractivity contribution in [2.45, 2.75) is 0 Å². The number of anilines is 1. The molecule has 0 saturated heterocycles. The van der Waals surface area contributed by atoms with Gasteiger partial charge in [0.15, 0.2) is 28.3 Å². The van der Waals surface area contributed by atoms with Crippen LogP contribution in [-0.4, -0.2) is 25.1 Å². The summed E-state index contributed by atoms with van der Waals surface area (Å²) in [6.45, 7) is 0. The normalized spacial score (nSPS) is 10.8. The van der Waals surface area contributed by atoms with E-state index in [1.54, 1.807) is 12.1 Å². The molecule has 3 rings (SSSR count). The number of aromatic nitrogens is 1. The van der Waals surface area contributed by atoms with Gasteiger partial charge in [0.1, 0.15) is 0 Å². The Kier molecular flexibility index (Phi) is 5.04. The van der Waals surface area contributed by atoms with Crippen molar-refractivity contribution in [2.75, 3.05) is 19.5 Å². The molecule has 0 spiro atoms. The lowest BCUT2D eigenvalue weighted by molar-refractivity contribution is 0.102. The summed E-state index contributed by atoms with van der Waals surface area (Å²) in [5, 5.41) is 2.88. The van der Waals surface area contributed by atoms with Gasteiger partial charge >= 0.3 is 0 Å². The topological polar surface area (TPSA) is 60.5 Å². The Balaban J connectivity index is 1.92. The molecule has 9 heteroatoms. The quantitative estimate of drug-likeness (QED) is 0.566. The minimum absolute atomic E-state index is 0.246. The van der Waals surface area contributed by atoms with E-state index >= 15 is 0 Å². The van der Waals surface area contributed by atoms with E-state index < -0.39 is 17.5 Å². The van der Waals surface area contributed by atoms with E-state index in [0.717, 1.165) is 23.5 Å². The highest BCUT2D eigenvalue weighted by Gasteiger charge is 2.17. The zero-order chi connectivity index (χ0) is 18.1. The standard InChI is InChI=1S/C16H11F2IN2O3S/c1-23-12-3-7(10(19)6-13(12)24-2)15(22)21-16-20-11-4-8(17)9(18)5-14(11)25-16/h3-6H,1-2H3,(H,20,21,22). The Morgan fingerprint density at radius 1 is 1.12 bits per heavy atom. The number of methoxy groups -OCH3 is 2. The predicted molar refractivity (Wildman–Crippen MR) is 99.8 cm³/mol. The highest BCUT2D eigenvalue weighted by molar-refractivity contribution is 14.1. The number of benzene rings is 2. The van der Waals surface area contributed by atoms with Crippen LogP contribution in [0.4, 0.5) is 13.9 Å². The average Bonchev–Trinajstić information content (AvgIpc) is 2.95. The predicted octanol–water partition coefficient (Wildman–Crippen LogP) is 4.45. The van der Waals surface area contributed by atoms with Gasteiger partial charge in [0.05, 0.1) is 30.0 Å². The van der Waals surface area contributed by atoms with Crippen LogP contribution < -0.4 is 14.8 Å². The lowest BCUT2D eigenvalue weighted by Gasteiger charge is -2.11. The molecule has 1 aromatic heterocycles. The molecule has 0 atom stereocenters. The van der Waals surface area contributed by atoms with Crippen molar-refractivity contribution in [1.29, 1.82) is 0 Å². The number of halogens is 3. The number of carbonyl (C=O) groups excluding carboxylic acids is 1. The Morgan fingerprint density at radius 3 is 2.44 bits per heavy atom. The average molecular weight is 476 g/mol. The number of amides is 1. The van der Waals surface area contributed by atoms with Gasteiger partial charge in [-0.05, 0) is 40.8 Å². The Bertz CT molecular complexity index is 939. The maximum absolute atomic E-state index is 13.3. The molecule has 0 aliphatic rings. The summed E-state index contributed by atoms with van der Waals surface area (Å²) in [6.07, 6.45) is 0. The van der Waals surface area contributed by atoms with Crippen molar-refractivity contribution in [3.63, 3.8) is 0 Å². The van der Waals surface area contributed by atoms with Crippen molar-refractivity contribution in [3.8, 4) is 11.5 Å². The molecule has 25 heavy (non-hydrogen) atoms. The SMILES string of the molecule is COc1cc(I)c(C(=O)Nc2nc3cc(F)c(F)cc3s2)cc1OC. The number of carbonyl (C=O) groups is 1. The third-order valence-electron chi connectivity index (χ3n) is 3.37. The highest BCUT2D eigenvalue weighted by Crippen LogP contribution is 2.32. The molecule has 0 saturated carbocycles. The first-order chi connectivity index (χ1) is 11.9. The maximum atomic E-state index is 13.3. The van der Waals surface area contributed by atoms with Gasteiger partial charge in [-0.25, -0.2) is 13.8 Å². The van der Waals surface area contributed by atoms with E-state index in [2.05, 4.69) is 10.3 Å². The van der Waals surface area contributed by atoms with Gasteiger partial charge in [0.2, 0.25) is 0 Å². The Hall–Kier alpha value is -2.01. The first-order valence-corrected chi connectivity index (χ1v) is 8.81. The van der Waals surface area contributed by atoms with Crippen molar-refractivity contribution in [1.82, 2.24) is 4.98 Å². The van der Waals surface area contributed by atoms with Gasteiger partial charge < -0.3 is 9.47 Å². The van der Waals surface area contributed by atoms with Crippen molar-refractivity contribution < 1.29 is 23.0 Å². The molecule has 0 radical (unpaired) electrons. The lowest BCUT2D eigenvalue weighted by atomic mass is 10.2. The second-order valence-corrected chi connectivity index (χ2v) is 7.09. The molecule has 5 nitrogen and oxygen atoms in total. The Morgan fingerprint density at radius 2 is 1.76 bits per heavy atom. The van der Waals surface area contributed by atoms with Gasteiger partial charge in [-0.1, -0.05) is 11.3 Å². The summed E-state index contributed by atoms with van der Waals surface area (Å²) in [4.78, 5) is 16.6. The van der Waals surface area contributed by atoms with Crippen LogP contribution in [0, 0.1) is 15.2 Å². The summed E-state index contributed by atoms with van der Waals surface area (Å²) in [5.41, 5.74) is 0.649. The number of ether oxygens (including phenoxy) is 2. The molecular formula is C16H11F2IN2O3S. The summed E-state index contributed by atoms with van der Waals surface area (Å²) in [7, 11) is 2.98. The van der Waals surface area contributed by atoms with Crippen LogP contribution >= 0.6 is 33.9 Å². The summed E-state index contributed by atoms with van der Waals surface area (Å²) >= 11 is 3.07. The van der Waals surface area contributed by atoms with Crippen LogP contribution in [0.25, 0.3) is 10.2 Å². The molecule has 0 unspecified atom stereocenters. The van der Waals surface area contributed by atoms with Gasteiger partial charge in [0, 0.05) is 9.64 Å². The zero-order valence-electron chi connectivity index (χ0n) is 13.0. The first-order valence-electron chi connectivity index (χ1n) is 6.91. The summed E-state index contributed by atoms with van der Waals surface area (Å²) in [5.74, 6) is -1.42. The number of nitrogens with zero attached hydrogens (tertiary/aromatic N) is 1. The van der Waals surface area contributed by atoms with Crippen LogP contribution in [0.2, 0.25) is 0 Å². The molecule has 0 bridgehead atoms. The van der Waals surface area contributed by atoms with Gasteiger partial charge in [-0.15, -0.1) is 0 Å². The number of rotatable bonds is 4. The second-order valence-electron chi connectivity index (χ2n) is 4.89. The third kappa shape index (κ3) is 3.52. The van der Waals surface area contributed by atoms with E-state index in [4.69, 9.17) is 9.47 Å². The highest BCUT2D eigenvalue weighted by atomic mass is 127. The van der Waals surface area contributed by atoms with Crippen molar-refractivity contribution >= 4 is 55.2 Å². The second kappa shape index (κ2) is 7.08. The van der Waals surface area contributed by atoms with Gasteiger partial charge in [-0.2, -0.15) is 0 Å². The van der Waals surface area contributed by atoms with Crippen molar-refractivity contribution in [3.05, 3.63) is 45.0 Å². The molecule has 0 aliphatic carbocycles. The number of nitrogens with one attached hydrogen (secondary N) is 1. The molecule has 1 amide bonds. The number of hydrogen-bond acceptors (Lipinski definition) is 5. The molecule has 0 aliphatic heterocycles. The molecule has 130 valence electrons. The van der Waals surface area contributed by atoms with Crippen LogP contribution in [0.5, 0.6) is 11.5 Å². The smallest absolute Gasteiger partial charge is 0.258 e. The zero-order valence-corrected chi connectivity index (χ0v) is 16.0. The third-order valence-corrected chi connectivity index (χ3v) is 5.19. The van der Waals surface area contributed by atoms with E-state index in [1.165, 1.54) is 14.2 Å². The number of fused-ring (bicyclic) bond motifs is 1. The van der Waals surface area contributed by atoms with E-state index in [0.29, 0.717) is 25.3 Å². The van der Waals surface area contributed by atoms with E-state index in [9.17, 15) is 13.6 Å². The molecule has 1 N–H and O–H groups in total. The molecular weight excluding hydrogens is 465 g/mol. The van der Waals surface area contributed by atoms with Gasteiger partial charge in [0.25, 0.3) is 5.91 Å². The fourth-order valence-electron chi connectivity index (χ4n) is 2.17. The fourth-order valence-corrected chi connectivity index (χ4v) is 3.72. The van der Waals surface area contributed by atoms with E-state index in [-0.39, 0.29) is 10.6 Å². The molecule has 2 aromatic carbocycles. The number of thiazole rings is 1. The van der Waals surface area contributed by atoms with Gasteiger partial charge in [-0.3, -0.25) is 10.1 Å². The summed E-state index contributed by atoms with van der Waals surface area (Å²) in [6, 6.07) is 5.29. The lowest BCUT2D eigenvalue weighted by Crippen LogP contribution is -2.13. The van der Waals surface area contributed by atoms with Crippen molar-refractivity contribution in [2.24, 2.45) is 0 Å². The first kappa shape index (κ1) is 17.8. The Labute approximate surface area is 159 Å². The van der Waals surface area contributed by atoms with Crippen LogP contribution in [0.3, 0.4) is 0 Å². The largest absolute Gasteiger partial charge is 0.493 e. The fraction of sp³-hybridized carbons (Fsp3) is 0.125. The molecule has 3 aromatic rings. The minimum atomic E-state index is -0.981. The maximum Gasteiger partial charge on any atom is 0.258 e. The van der Waals surface area contributed by atoms with E-state index in [1.807, 2.05) is 22.6 Å². The molecule has 1 heterocycles.